The summed E-state index contributed by atoms with van der Waals surface area (Å²) in [7, 11) is 1.98. The molecule has 0 radical (unpaired) electrons. The molecule has 0 spiro atoms. The van der Waals surface area contributed by atoms with Crippen LogP contribution in [-0.2, 0) is 0 Å². The van der Waals surface area contributed by atoms with E-state index in [4.69, 9.17) is 4.52 Å². The SMILES string of the molecule is CN1CC(NC(=O)c2cnccn2)CC1c1nc(-c2ccccc2)no1. The Hall–Kier alpha value is -3.13. The van der Waals surface area contributed by atoms with Gasteiger partial charge in [0.05, 0.1) is 12.2 Å². The minimum absolute atomic E-state index is 0.0217. The number of likely N-dealkylation sites (N-methyl/N-ethyl adjacent to an activating group) is 1. The molecule has 4 rings (SSSR count). The van der Waals surface area contributed by atoms with Crippen molar-refractivity contribution in [2.75, 3.05) is 13.6 Å². The Morgan fingerprint density at radius 1 is 1.27 bits per heavy atom. The first-order valence-electron chi connectivity index (χ1n) is 8.37. The normalized spacial score (nSPS) is 20.2. The third-order valence-electron chi connectivity index (χ3n) is 4.44. The molecule has 1 saturated heterocycles. The lowest BCUT2D eigenvalue weighted by Crippen LogP contribution is -2.36. The first-order valence-corrected chi connectivity index (χ1v) is 8.37. The number of amides is 1. The summed E-state index contributed by atoms with van der Waals surface area (Å²) in [6.45, 7) is 0.694. The second kappa shape index (κ2) is 7.01. The Morgan fingerprint density at radius 3 is 2.88 bits per heavy atom. The Bertz CT molecular complexity index is 883. The fourth-order valence-corrected chi connectivity index (χ4v) is 3.14. The van der Waals surface area contributed by atoms with Gasteiger partial charge in [0.2, 0.25) is 11.7 Å². The molecule has 1 fully saturated rings. The second-order valence-corrected chi connectivity index (χ2v) is 6.27. The second-order valence-electron chi connectivity index (χ2n) is 6.27. The zero-order valence-corrected chi connectivity index (χ0v) is 14.2. The van der Waals surface area contributed by atoms with Gasteiger partial charge >= 0.3 is 0 Å². The van der Waals surface area contributed by atoms with Crippen molar-refractivity contribution < 1.29 is 9.32 Å². The molecule has 1 aromatic carbocycles. The van der Waals surface area contributed by atoms with E-state index in [0.29, 0.717) is 30.4 Å². The summed E-state index contributed by atoms with van der Waals surface area (Å²) < 4.78 is 5.47. The number of likely N-dealkylation sites (tertiary alicyclic amines) is 1. The summed E-state index contributed by atoms with van der Waals surface area (Å²) >= 11 is 0. The van der Waals surface area contributed by atoms with E-state index in [0.717, 1.165) is 5.56 Å². The zero-order valence-electron chi connectivity index (χ0n) is 14.2. The predicted molar refractivity (Wildman–Crippen MR) is 93.0 cm³/mol. The van der Waals surface area contributed by atoms with E-state index < -0.39 is 0 Å². The molecule has 0 saturated carbocycles. The van der Waals surface area contributed by atoms with Crippen molar-refractivity contribution in [3.8, 4) is 11.4 Å². The molecule has 2 atom stereocenters. The summed E-state index contributed by atoms with van der Waals surface area (Å²) in [4.78, 5) is 26.8. The molecule has 8 nitrogen and oxygen atoms in total. The highest BCUT2D eigenvalue weighted by Gasteiger charge is 2.35. The molecule has 3 heterocycles. The molecule has 26 heavy (non-hydrogen) atoms. The van der Waals surface area contributed by atoms with Gasteiger partial charge < -0.3 is 9.84 Å². The molecule has 1 N–H and O–H groups in total. The van der Waals surface area contributed by atoms with E-state index in [-0.39, 0.29) is 18.0 Å². The van der Waals surface area contributed by atoms with Crippen LogP contribution in [0, 0.1) is 0 Å². The van der Waals surface area contributed by atoms with E-state index >= 15 is 0 Å². The molecular formula is C18H18N6O2. The predicted octanol–water partition coefficient (Wildman–Crippen LogP) is 1.70. The maximum Gasteiger partial charge on any atom is 0.271 e. The number of benzene rings is 1. The van der Waals surface area contributed by atoms with Gasteiger partial charge in [0.15, 0.2) is 0 Å². The van der Waals surface area contributed by atoms with Crippen molar-refractivity contribution in [3.63, 3.8) is 0 Å². The maximum absolute atomic E-state index is 12.3. The Kier molecular flexibility index (Phi) is 4.40. The number of hydrogen-bond acceptors (Lipinski definition) is 7. The topological polar surface area (TPSA) is 97.0 Å². The van der Waals surface area contributed by atoms with Crippen LogP contribution < -0.4 is 5.32 Å². The first-order chi connectivity index (χ1) is 12.7. The van der Waals surface area contributed by atoms with Crippen LogP contribution in [0.1, 0.15) is 28.8 Å². The summed E-state index contributed by atoms with van der Waals surface area (Å²) in [6, 6.07) is 9.64. The summed E-state index contributed by atoms with van der Waals surface area (Å²) in [5, 5.41) is 7.07. The van der Waals surface area contributed by atoms with Gasteiger partial charge in [0.1, 0.15) is 5.69 Å². The van der Waals surface area contributed by atoms with Gasteiger partial charge in [0.25, 0.3) is 5.91 Å². The Balaban J connectivity index is 1.44. The standard InChI is InChI=1S/C18H18N6O2/c1-24-11-13(21-17(25)14-10-19-7-8-20-14)9-15(24)18-22-16(23-26-18)12-5-3-2-4-6-12/h2-8,10,13,15H,9,11H2,1H3,(H,21,25). The van der Waals surface area contributed by atoms with Crippen LogP contribution in [0.5, 0.6) is 0 Å². The van der Waals surface area contributed by atoms with Crippen LogP contribution in [0.4, 0.5) is 0 Å². The zero-order chi connectivity index (χ0) is 17.9. The third-order valence-corrected chi connectivity index (χ3v) is 4.44. The number of carbonyl (C=O) groups is 1. The van der Waals surface area contributed by atoms with Gasteiger partial charge in [-0.15, -0.1) is 0 Å². The highest BCUT2D eigenvalue weighted by molar-refractivity contribution is 5.92. The molecule has 3 aromatic rings. The van der Waals surface area contributed by atoms with Crippen molar-refractivity contribution >= 4 is 5.91 Å². The molecule has 1 aliphatic heterocycles. The summed E-state index contributed by atoms with van der Waals surface area (Å²) in [5.74, 6) is 0.899. The molecule has 132 valence electrons. The van der Waals surface area contributed by atoms with Gasteiger partial charge in [-0.2, -0.15) is 4.98 Å². The fraction of sp³-hybridized carbons (Fsp3) is 0.278. The molecule has 0 aliphatic carbocycles. The number of nitrogens with one attached hydrogen (secondary N) is 1. The number of rotatable bonds is 4. The van der Waals surface area contributed by atoms with E-state index in [9.17, 15) is 4.79 Å². The van der Waals surface area contributed by atoms with Crippen LogP contribution in [0.15, 0.2) is 53.4 Å². The number of nitrogens with zero attached hydrogens (tertiary/aromatic N) is 5. The lowest BCUT2D eigenvalue weighted by Gasteiger charge is -2.14. The summed E-state index contributed by atoms with van der Waals surface area (Å²) in [6.07, 6.45) is 5.19. The highest BCUT2D eigenvalue weighted by atomic mass is 16.5. The van der Waals surface area contributed by atoms with Gasteiger partial charge in [0, 0.05) is 30.5 Å². The van der Waals surface area contributed by atoms with Crippen LogP contribution in [-0.4, -0.2) is 50.5 Å². The van der Waals surface area contributed by atoms with E-state index in [1.165, 1.54) is 18.6 Å². The van der Waals surface area contributed by atoms with Crippen molar-refractivity contribution in [2.45, 2.75) is 18.5 Å². The van der Waals surface area contributed by atoms with Crippen molar-refractivity contribution in [1.82, 2.24) is 30.3 Å². The number of aromatic nitrogens is 4. The third kappa shape index (κ3) is 3.31. The largest absolute Gasteiger partial charge is 0.347 e. The quantitative estimate of drug-likeness (QED) is 0.765. The van der Waals surface area contributed by atoms with Gasteiger partial charge in [-0.05, 0) is 13.5 Å². The number of carbonyl (C=O) groups excluding carboxylic acids is 1. The minimum Gasteiger partial charge on any atom is -0.347 e. The lowest BCUT2D eigenvalue weighted by molar-refractivity contribution is 0.0933. The van der Waals surface area contributed by atoms with Gasteiger partial charge in [-0.25, -0.2) is 4.98 Å². The van der Waals surface area contributed by atoms with Crippen molar-refractivity contribution in [1.29, 1.82) is 0 Å². The highest BCUT2D eigenvalue weighted by Crippen LogP contribution is 2.30. The van der Waals surface area contributed by atoms with E-state index in [1.807, 2.05) is 37.4 Å². The molecule has 2 unspecified atom stereocenters. The fourth-order valence-electron chi connectivity index (χ4n) is 3.14. The van der Waals surface area contributed by atoms with Crippen LogP contribution in [0.2, 0.25) is 0 Å². The van der Waals surface area contributed by atoms with Gasteiger partial charge in [-0.3, -0.25) is 14.7 Å². The lowest BCUT2D eigenvalue weighted by atomic mass is 10.1. The Labute approximate surface area is 150 Å². The van der Waals surface area contributed by atoms with Crippen LogP contribution in [0.3, 0.4) is 0 Å². The first kappa shape index (κ1) is 16.3. The monoisotopic (exact) mass is 350 g/mol. The Morgan fingerprint density at radius 2 is 2.12 bits per heavy atom. The molecule has 1 aliphatic rings. The van der Waals surface area contributed by atoms with E-state index in [2.05, 4.69) is 30.3 Å². The smallest absolute Gasteiger partial charge is 0.271 e. The van der Waals surface area contributed by atoms with Crippen LogP contribution in [0.25, 0.3) is 11.4 Å². The van der Waals surface area contributed by atoms with Crippen molar-refractivity contribution in [2.24, 2.45) is 0 Å². The molecule has 0 bridgehead atoms. The van der Waals surface area contributed by atoms with E-state index in [1.54, 1.807) is 0 Å². The maximum atomic E-state index is 12.3. The summed E-state index contributed by atoms with van der Waals surface area (Å²) in [5.41, 5.74) is 1.22. The van der Waals surface area contributed by atoms with Crippen molar-refractivity contribution in [3.05, 3.63) is 60.5 Å². The molecule has 1 amide bonds. The average molecular weight is 350 g/mol. The van der Waals surface area contributed by atoms with Gasteiger partial charge in [-0.1, -0.05) is 35.5 Å². The molecular weight excluding hydrogens is 332 g/mol. The number of hydrogen-bond donors (Lipinski definition) is 1. The molecule has 2 aromatic heterocycles. The van der Waals surface area contributed by atoms with Crippen LogP contribution >= 0.6 is 0 Å². The minimum atomic E-state index is -0.229. The average Bonchev–Trinajstić information content (AvgIpc) is 3.30. The molecule has 8 heteroatoms.